The van der Waals surface area contributed by atoms with Gasteiger partial charge in [0.2, 0.25) is 5.95 Å². The molecule has 3 N–H and O–H groups in total. The summed E-state index contributed by atoms with van der Waals surface area (Å²) in [5, 5.41) is 9.50. The van der Waals surface area contributed by atoms with Crippen molar-refractivity contribution >= 4 is 35.9 Å². The quantitative estimate of drug-likeness (QED) is 0.210. The number of hydrogen-bond donors (Lipinski definition) is 3. The maximum Gasteiger partial charge on any atom is 0.433 e. The van der Waals surface area contributed by atoms with Gasteiger partial charge in [-0.2, -0.15) is 13.2 Å². The van der Waals surface area contributed by atoms with Crippen molar-refractivity contribution < 1.29 is 17.9 Å². The molecule has 1 unspecified atom stereocenters. The highest BCUT2D eigenvalue weighted by Crippen LogP contribution is 2.46. The number of halogens is 4. The first-order chi connectivity index (χ1) is 15.4. The number of rotatable bonds is 5. The van der Waals surface area contributed by atoms with Crippen molar-refractivity contribution in [2.75, 3.05) is 25.5 Å². The first-order valence-electron chi connectivity index (χ1n) is 10.8. The highest BCUT2D eigenvalue weighted by Gasteiger charge is 2.43. The second-order valence-corrected chi connectivity index (χ2v) is 8.12. The molecule has 11 heteroatoms. The second-order valence-electron chi connectivity index (χ2n) is 8.12. The summed E-state index contributed by atoms with van der Waals surface area (Å²) in [7, 11) is 1.69. The van der Waals surface area contributed by atoms with Gasteiger partial charge >= 0.3 is 6.18 Å². The van der Waals surface area contributed by atoms with E-state index in [1.807, 2.05) is 18.2 Å². The van der Waals surface area contributed by atoms with Gasteiger partial charge in [-0.1, -0.05) is 18.2 Å². The lowest BCUT2D eigenvalue weighted by Gasteiger charge is -2.40. The van der Waals surface area contributed by atoms with Gasteiger partial charge in [0.15, 0.2) is 5.96 Å². The summed E-state index contributed by atoms with van der Waals surface area (Å²) in [4.78, 5) is 11.7. The van der Waals surface area contributed by atoms with Crippen LogP contribution in [0.3, 0.4) is 0 Å². The zero-order valence-corrected chi connectivity index (χ0v) is 20.6. The van der Waals surface area contributed by atoms with E-state index in [1.165, 1.54) is 12.8 Å². The number of anilines is 1. The lowest BCUT2D eigenvalue weighted by Crippen LogP contribution is -2.47. The lowest BCUT2D eigenvalue weighted by atomic mass is 9.86. The highest BCUT2D eigenvalue weighted by atomic mass is 127. The van der Waals surface area contributed by atoms with Crippen LogP contribution in [0.2, 0.25) is 0 Å². The molecule has 0 bridgehead atoms. The molecule has 1 aliphatic carbocycles. The molecule has 2 heterocycles. The van der Waals surface area contributed by atoms with E-state index >= 15 is 0 Å². The van der Waals surface area contributed by atoms with Crippen molar-refractivity contribution in [1.29, 1.82) is 0 Å². The molecule has 1 spiro atoms. The fourth-order valence-electron chi connectivity index (χ4n) is 4.39. The van der Waals surface area contributed by atoms with Crippen LogP contribution in [0.25, 0.3) is 0 Å². The molecule has 0 radical (unpaired) electrons. The van der Waals surface area contributed by atoms with Crippen LogP contribution >= 0.6 is 24.0 Å². The van der Waals surface area contributed by atoms with Crippen LogP contribution in [0, 0.1) is 0 Å². The molecule has 1 aliphatic heterocycles. The number of benzene rings is 1. The topological polar surface area (TPSA) is 83.5 Å². The third-order valence-corrected chi connectivity index (χ3v) is 5.89. The van der Waals surface area contributed by atoms with Gasteiger partial charge in [-0.05, 0) is 37.8 Å². The fourth-order valence-corrected chi connectivity index (χ4v) is 4.39. The Morgan fingerprint density at radius 1 is 1.18 bits per heavy atom. The van der Waals surface area contributed by atoms with Crippen molar-refractivity contribution in [2.45, 2.75) is 49.9 Å². The van der Waals surface area contributed by atoms with Gasteiger partial charge in [-0.3, -0.25) is 4.99 Å². The SMILES string of the molecule is CN=C(NCCNc1nccc(C(F)(F)F)n1)NC1CC2(CCCC2)Oc2ccccc21.I. The summed E-state index contributed by atoms with van der Waals surface area (Å²) in [5.41, 5.74) is -0.00397. The molecule has 2 aliphatic rings. The first-order valence-corrected chi connectivity index (χ1v) is 10.8. The van der Waals surface area contributed by atoms with Gasteiger partial charge in [0.1, 0.15) is 17.0 Å². The Hall–Kier alpha value is -2.31. The summed E-state index contributed by atoms with van der Waals surface area (Å²) in [5.74, 6) is 1.47. The number of alkyl halides is 3. The van der Waals surface area contributed by atoms with Gasteiger partial charge in [-0.25, -0.2) is 9.97 Å². The van der Waals surface area contributed by atoms with E-state index < -0.39 is 11.9 Å². The molecular weight excluding hydrogens is 548 g/mol. The molecule has 1 aromatic heterocycles. The van der Waals surface area contributed by atoms with Crippen LogP contribution in [0.5, 0.6) is 5.75 Å². The number of guanidine groups is 1. The third-order valence-electron chi connectivity index (χ3n) is 5.89. The first kappa shape index (κ1) is 25.3. The predicted molar refractivity (Wildman–Crippen MR) is 131 cm³/mol. The molecule has 7 nitrogen and oxygen atoms in total. The Morgan fingerprint density at radius 2 is 1.94 bits per heavy atom. The summed E-state index contributed by atoms with van der Waals surface area (Å²) in [6.45, 7) is 0.756. The van der Waals surface area contributed by atoms with Crippen molar-refractivity contribution in [2.24, 2.45) is 4.99 Å². The number of nitrogens with one attached hydrogen (secondary N) is 3. The maximum atomic E-state index is 12.8. The molecule has 1 aromatic carbocycles. The minimum absolute atomic E-state index is 0. The number of ether oxygens (including phenoxy) is 1. The maximum absolute atomic E-state index is 12.8. The van der Waals surface area contributed by atoms with Gasteiger partial charge in [-0.15, -0.1) is 24.0 Å². The Kier molecular flexibility index (Phi) is 8.24. The van der Waals surface area contributed by atoms with E-state index in [0.717, 1.165) is 42.8 Å². The molecule has 180 valence electrons. The van der Waals surface area contributed by atoms with E-state index in [9.17, 15) is 13.2 Å². The average molecular weight is 576 g/mol. The van der Waals surface area contributed by atoms with Crippen molar-refractivity contribution in [1.82, 2.24) is 20.6 Å². The van der Waals surface area contributed by atoms with Crippen LogP contribution in [-0.2, 0) is 6.18 Å². The number of nitrogens with zero attached hydrogens (tertiary/aromatic N) is 3. The van der Waals surface area contributed by atoms with Crippen LogP contribution in [0.1, 0.15) is 49.4 Å². The number of hydrogen-bond acceptors (Lipinski definition) is 5. The zero-order valence-electron chi connectivity index (χ0n) is 18.3. The van der Waals surface area contributed by atoms with E-state index in [2.05, 4.69) is 37.0 Å². The molecule has 1 fully saturated rings. The van der Waals surface area contributed by atoms with Gasteiger partial charge < -0.3 is 20.7 Å². The summed E-state index contributed by atoms with van der Waals surface area (Å²) >= 11 is 0. The molecule has 33 heavy (non-hydrogen) atoms. The molecular formula is C22H28F3IN6O. The Labute approximate surface area is 208 Å². The van der Waals surface area contributed by atoms with Gasteiger partial charge in [0.25, 0.3) is 0 Å². The molecule has 0 saturated heterocycles. The van der Waals surface area contributed by atoms with Crippen molar-refractivity contribution in [3.63, 3.8) is 0 Å². The zero-order chi connectivity index (χ0) is 22.6. The average Bonchev–Trinajstić information content (AvgIpc) is 3.22. The number of fused-ring (bicyclic) bond motifs is 1. The second kappa shape index (κ2) is 10.7. The summed E-state index contributed by atoms with van der Waals surface area (Å²) in [6.07, 6.45) is 1.89. The fraction of sp³-hybridized carbons (Fsp3) is 0.500. The van der Waals surface area contributed by atoms with Crippen LogP contribution in [0.15, 0.2) is 41.5 Å². The van der Waals surface area contributed by atoms with E-state index in [0.29, 0.717) is 19.0 Å². The molecule has 0 amide bonds. The summed E-state index contributed by atoms with van der Waals surface area (Å²) < 4.78 is 44.8. The molecule has 2 aromatic rings. The Bertz CT molecular complexity index is 965. The van der Waals surface area contributed by atoms with Gasteiger partial charge in [0, 0.05) is 38.3 Å². The number of aromatic nitrogens is 2. The van der Waals surface area contributed by atoms with Crippen LogP contribution < -0.4 is 20.7 Å². The minimum Gasteiger partial charge on any atom is -0.487 e. The number of para-hydroxylation sites is 1. The highest BCUT2D eigenvalue weighted by molar-refractivity contribution is 14.0. The van der Waals surface area contributed by atoms with E-state index in [1.54, 1.807) is 7.05 Å². The normalized spacial score (nSPS) is 19.3. The Balaban J connectivity index is 0.00000306. The van der Waals surface area contributed by atoms with Crippen LogP contribution in [0.4, 0.5) is 19.1 Å². The molecule has 4 rings (SSSR count). The van der Waals surface area contributed by atoms with Crippen molar-refractivity contribution in [3.05, 3.63) is 47.8 Å². The molecule has 1 atom stereocenters. The van der Waals surface area contributed by atoms with Crippen molar-refractivity contribution in [3.8, 4) is 5.75 Å². The summed E-state index contributed by atoms with van der Waals surface area (Å²) in [6, 6.07) is 8.96. The predicted octanol–water partition coefficient (Wildman–Crippen LogP) is 4.53. The standard InChI is InChI=1S/C22H27F3N6O.HI/c1-26-19(28-12-13-29-20-27-11-8-18(31-20)22(23,24)25)30-16-14-21(9-4-5-10-21)32-17-7-3-2-6-15(16)17;/h2-3,6-8,11,16H,4-5,9-10,12-14H2,1H3,(H2,26,28,30)(H,27,29,31);1H. The van der Waals surface area contributed by atoms with E-state index in [4.69, 9.17) is 4.74 Å². The number of aliphatic imine (C=N–C) groups is 1. The third kappa shape index (κ3) is 6.18. The van der Waals surface area contributed by atoms with E-state index in [-0.39, 0.29) is 41.6 Å². The monoisotopic (exact) mass is 576 g/mol. The largest absolute Gasteiger partial charge is 0.487 e. The van der Waals surface area contributed by atoms with Crippen LogP contribution in [-0.4, -0.2) is 41.7 Å². The lowest BCUT2D eigenvalue weighted by molar-refractivity contribution is -0.141. The smallest absolute Gasteiger partial charge is 0.433 e. The Morgan fingerprint density at radius 3 is 2.67 bits per heavy atom. The van der Waals surface area contributed by atoms with Gasteiger partial charge in [0.05, 0.1) is 6.04 Å². The minimum atomic E-state index is -4.50. The molecule has 1 saturated carbocycles.